The van der Waals surface area contributed by atoms with Gasteiger partial charge in [0.2, 0.25) is 0 Å². The average molecular weight is 249 g/mol. The first kappa shape index (κ1) is 11.7. The second kappa shape index (κ2) is 5.01. The molecule has 0 unspecified atom stereocenters. The van der Waals surface area contributed by atoms with Crippen molar-refractivity contribution < 1.29 is 0 Å². The van der Waals surface area contributed by atoms with E-state index in [2.05, 4.69) is 15.3 Å². The molecule has 0 atom stereocenters. The normalized spacial score (nSPS) is 10.2. The van der Waals surface area contributed by atoms with Gasteiger partial charge in [0.25, 0.3) is 0 Å². The standard InChI is InChI=1S/C12H13ClN4/c1-8-2-3-15-6-9(8)7-16-12-5-10(14)4-11(13)17-12/h2-6H,7H2,1H3,(H3,14,16,17). The molecule has 2 aromatic rings. The first-order chi connectivity index (χ1) is 8.15. The summed E-state index contributed by atoms with van der Waals surface area (Å²) >= 11 is 5.82. The van der Waals surface area contributed by atoms with Crippen LogP contribution in [0.1, 0.15) is 11.1 Å². The molecule has 2 rings (SSSR count). The van der Waals surface area contributed by atoms with E-state index >= 15 is 0 Å². The third-order valence-corrected chi connectivity index (χ3v) is 2.62. The Labute approximate surface area is 105 Å². The van der Waals surface area contributed by atoms with Gasteiger partial charge in [-0.2, -0.15) is 0 Å². The zero-order valence-electron chi connectivity index (χ0n) is 9.44. The lowest BCUT2D eigenvalue weighted by molar-refractivity contribution is 1.06. The summed E-state index contributed by atoms with van der Waals surface area (Å²) in [4.78, 5) is 8.21. The lowest BCUT2D eigenvalue weighted by Crippen LogP contribution is -2.04. The number of nitrogens with two attached hydrogens (primary N) is 1. The van der Waals surface area contributed by atoms with Gasteiger partial charge < -0.3 is 11.1 Å². The number of halogens is 1. The summed E-state index contributed by atoms with van der Waals surface area (Å²) in [5.74, 6) is 0.665. The van der Waals surface area contributed by atoms with Crippen LogP contribution < -0.4 is 11.1 Å². The molecule has 0 spiro atoms. The van der Waals surface area contributed by atoms with E-state index in [1.807, 2.05) is 19.2 Å². The fraction of sp³-hybridized carbons (Fsp3) is 0.167. The van der Waals surface area contributed by atoms with Crippen LogP contribution in [0.2, 0.25) is 5.15 Å². The highest BCUT2D eigenvalue weighted by atomic mass is 35.5. The monoisotopic (exact) mass is 248 g/mol. The third kappa shape index (κ3) is 3.07. The summed E-state index contributed by atoms with van der Waals surface area (Å²) in [6.45, 7) is 2.69. The van der Waals surface area contributed by atoms with E-state index in [4.69, 9.17) is 17.3 Å². The minimum atomic E-state index is 0.385. The van der Waals surface area contributed by atoms with Gasteiger partial charge in [0, 0.05) is 30.7 Å². The van der Waals surface area contributed by atoms with Crippen molar-refractivity contribution in [1.82, 2.24) is 9.97 Å². The Bertz CT molecular complexity index is 507. The summed E-state index contributed by atoms with van der Waals surface area (Å²) < 4.78 is 0. The second-order valence-corrected chi connectivity index (χ2v) is 4.15. The molecule has 2 aromatic heterocycles. The SMILES string of the molecule is Cc1ccncc1CNc1cc(N)cc(Cl)n1. The Morgan fingerprint density at radius 1 is 1.41 bits per heavy atom. The Balaban J connectivity index is 2.10. The van der Waals surface area contributed by atoms with Crippen LogP contribution in [-0.4, -0.2) is 9.97 Å². The highest BCUT2D eigenvalue weighted by Gasteiger charge is 2.01. The molecule has 88 valence electrons. The number of anilines is 2. The molecule has 2 heterocycles. The minimum Gasteiger partial charge on any atom is -0.399 e. The fourth-order valence-electron chi connectivity index (χ4n) is 1.47. The molecule has 17 heavy (non-hydrogen) atoms. The Morgan fingerprint density at radius 3 is 2.94 bits per heavy atom. The van der Waals surface area contributed by atoms with E-state index in [1.165, 1.54) is 5.56 Å². The van der Waals surface area contributed by atoms with E-state index in [1.54, 1.807) is 18.3 Å². The first-order valence-corrected chi connectivity index (χ1v) is 5.59. The van der Waals surface area contributed by atoms with Crippen molar-refractivity contribution in [2.75, 3.05) is 11.1 Å². The zero-order chi connectivity index (χ0) is 12.3. The first-order valence-electron chi connectivity index (χ1n) is 5.21. The molecule has 3 N–H and O–H groups in total. The Hall–Kier alpha value is -1.81. The van der Waals surface area contributed by atoms with Gasteiger partial charge in [-0.3, -0.25) is 4.98 Å². The maximum atomic E-state index is 5.82. The second-order valence-electron chi connectivity index (χ2n) is 3.76. The van der Waals surface area contributed by atoms with Crippen LogP contribution in [0.3, 0.4) is 0 Å². The Morgan fingerprint density at radius 2 is 2.24 bits per heavy atom. The molecule has 0 aliphatic carbocycles. The molecular formula is C12H13ClN4. The number of aryl methyl sites for hydroxylation is 1. The topological polar surface area (TPSA) is 63.8 Å². The van der Waals surface area contributed by atoms with Gasteiger partial charge in [-0.1, -0.05) is 11.6 Å². The van der Waals surface area contributed by atoms with Gasteiger partial charge in [-0.25, -0.2) is 4.98 Å². The summed E-state index contributed by atoms with van der Waals surface area (Å²) in [6, 6.07) is 5.33. The number of aromatic nitrogens is 2. The molecule has 5 heteroatoms. The smallest absolute Gasteiger partial charge is 0.133 e. The van der Waals surface area contributed by atoms with Gasteiger partial charge in [-0.15, -0.1) is 0 Å². The highest BCUT2D eigenvalue weighted by Crippen LogP contribution is 2.16. The van der Waals surface area contributed by atoms with Crippen LogP contribution >= 0.6 is 11.6 Å². The lowest BCUT2D eigenvalue weighted by atomic mass is 10.1. The predicted octanol–water partition coefficient (Wildman–Crippen LogP) is 2.63. The van der Waals surface area contributed by atoms with Crippen LogP contribution in [0.4, 0.5) is 11.5 Å². The molecule has 0 saturated heterocycles. The van der Waals surface area contributed by atoms with Crippen molar-refractivity contribution >= 4 is 23.1 Å². The summed E-state index contributed by atoms with van der Waals surface area (Å²) in [5, 5.41) is 3.55. The number of nitrogen functional groups attached to an aromatic ring is 1. The summed E-state index contributed by atoms with van der Waals surface area (Å²) in [6.07, 6.45) is 3.60. The van der Waals surface area contributed by atoms with Crippen molar-refractivity contribution in [3.63, 3.8) is 0 Å². The number of hydrogen-bond donors (Lipinski definition) is 2. The van der Waals surface area contributed by atoms with Gasteiger partial charge >= 0.3 is 0 Å². The third-order valence-electron chi connectivity index (χ3n) is 2.42. The molecule has 4 nitrogen and oxygen atoms in total. The number of nitrogens with zero attached hydrogens (tertiary/aromatic N) is 2. The number of nitrogens with one attached hydrogen (secondary N) is 1. The van der Waals surface area contributed by atoms with E-state index < -0.39 is 0 Å². The number of hydrogen-bond acceptors (Lipinski definition) is 4. The van der Waals surface area contributed by atoms with E-state index in [0.29, 0.717) is 23.2 Å². The molecule has 0 aliphatic rings. The predicted molar refractivity (Wildman–Crippen MR) is 70.0 cm³/mol. The molecule has 0 fully saturated rings. The molecule has 0 bridgehead atoms. The lowest BCUT2D eigenvalue weighted by Gasteiger charge is -2.08. The largest absolute Gasteiger partial charge is 0.399 e. The summed E-state index contributed by atoms with van der Waals surface area (Å²) in [7, 11) is 0. The Kier molecular flexibility index (Phi) is 3.44. The quantitative estimate of drug-likeness (QED) is 0.820. The van der Waals surface area contributed by atoms with Crippen LogP contribution in [0.15, 0.2) is 30.6 Å². The molecule has 0 amide bonds. The van der Waals surface area contributed by atoms with Crippen molar-refractivity contribution in [2.24, 2.45) is 0 Å². The van der Waals surface area contributed by atoms with Crippen LogP contribution in [-0.2, 0) is 6.54 Å². The summed E-state index contributed by atoms with van der Waals surface area (Å²) in [5.41, 5.74) is 8.58. The van der Waals surface area contributed by atoms with Crippen LogP contribution in [0.5, 0.6) is 0 Å². The van der Waals surface area contributed by atoms with E-state index in [-0.39, 0.29) is 0 Å². The maximum absolute atomic E-state index is 5.82. The van der Waals surface area contributed by atoms with Crippen molar-refractivity contribution in [3.8, 4) is 0 Å². The van der Waals surface area contributed by atoms with Gasteiger partial charge in [-0.05, 0) is 30.2 Å². The maximum Gasteiger partial charge on any atom is 0.133 e. The van der Waals surface area contributed by atoms with Crippen LogP contribution in [0.25, 0.3) is 0 Å². The molecule has 0 aromatic carbocycles. The molecule has 0 aliphatic heterocycles. The van der Waals surface area contributed by atoms with Gasteiger partial charge in [0.1, 0.15) is 11.0 Å². The van der Waals surface area contributed by atoms with Crippen molar-refractivity contribution in [1.29, 1.82) is 0 Å². The van der Waals surface area contributed by atoms with E-state index in [0.717, 1.165) is 5.56 Å². The van der Waals surface area contributed by atoms with Gasteiger partial charge in [0.15, 0.2) is 0 Å². The minimum absolute atomic E-state index is 0.385. The molecule has 0 saturated carbocycles. The molecular weight excluding hydrogens is 236 g/mol. The highest BCUT2D eigenvalue weighted by molar-refractivity contribution is 6.29. The number of pyridine rings is 2. The van der Waals surface area contributed by atoms with E-state index in [9.17, 15) is 0 Å². The van der Waals surface area contributed by atoms with Crippen LogP contribution in [0, 0.1) is 6.92 Å². The number of rotatable bonds is 3. The molecule has 0 radical (unpaired) electrons. The van der Waals surface area contributed by atoms with Crippen molar-refractivity contribution in [3.05, 3.63) is 46.9 Å². The average Bonchev–Trinajstić information content (AvgIpc) is 2.27. The zero-order valence-corrected chi connectivity index (χ0v) is 10.2. The van der Waals surface area contributed by atoms with Gasteiger partial charge in [0.05, 0.1) is 0 Å². The van der Waals surface area contributed by atoms with Crippen molar-refractivity contribution in [2.45, 2.75) is 13.5 Å². The fourth-order valence-corrected chi connectivity index (χ4v) is 1.69.